The van der Waals surface area contributed by atoms with Gasteiger partial charge in [-0.2, -0.15) is 0 Å². The van der Waals surface area contributed by atoms with Gasteiger partial charge in [0.1, 0.15) is 11.9 Å². The van der Waals surface area contributed by atoms with E-state index < -0.39 is 0 Å². The average Bonchev–Trinajstić information content (AvgIpc) is 3.01. The van der Waals surface area contributed by atoms with Crippen molar-refractivity contribution in [1.29, 1.82) is 0 Å². The third-order valence-corrected chi connectivity index (χ3v) is 4.41. The molecule has 1 saturated carbocycles. The van der Waals surface area contributed by atoms with Crippen molar-refractivity contribution in [3.63, 3.8) is 0 Å². The van der Waals surface area contributed by atoms with Crippen LogP contribution in [0.3, 0.4) is 0 Å². The average molecular weight is 339 g/mol. The second-order valence-corrected chi connectivity index (χ2v) is 6.46. The van der Waals surface area contributed by atoms with E-state index in [0.717, 1.165) is 12.8 Å². The summed E-state index contributed by atoms with van der Waals surface area (Å²) in [6, 6.07) is 6.67. The number of rotatable bonds is 7. The molecule has 0 N–H and O–H groups in total. The predicted octanol–water partition coefficient (Wildman–Crippen LogP) is 4.54. The van der Waals surface area contributed by atoms with Crippen molar-refractivity contribution < 1.29 is 19.1 Å². The van der Waals surface area contributed by atoms with Crippen LogP contribution in [0.4, 0.5) is 0 Å². The number of benzene rings is 1. The van der Waals surface area contributed by atoms with Gasteiger partial charge in [-0.3, -0.25) is 9.59 Å². The van der Waals surface area contributed by atoms with Gasteiger partial charge < -0.3 is 9.47 Å². The minimum absolute atomic E-state index is 0.0246. The third-order valence-electron chi connectivity index (χ3n) is 4.17. The number of esters is 2. The summed E-state index contributed by atoms with van der Waals surface area (Å²) in [5.74, 6) is 0.301. The Hall–Kier alpha value is -1.55. The largest absolute Gasteiger partial charge is 0.462 e. The van der Waals surface area contributed by atoms with Crippen LogP contribution in [0.1, 0.15) is 51.9 Å². The van der Waals surface area contributed by atoms with Crippen LogP contribution in [0.15, 0.2) is 24.3 Å². The molecule has 0 bridgehead atoms. The van der Waals surface area contributed by atoms with Crippen molar-refractivity contribution in [2.45, 2.75) is 58.0 Å². The molecular weight excluding hydrogens is 316 g/mol. The summed E-state index contributed by atoms with van der Waals surface area (Å²) in [5.41, 5.74) is 0. The van der Waals surface area contributed by atoms with Crippen molar-refractivity contribution in [2.75, 3.05) is 0 Å². The molecule has 5 heteroatoms. The van der Waals surface area contributed by atoms with Gasteiger partial charge in [0.05, 0.1) is 0 Å². The fraction of sp³-hybridized carbons (Fsp3) is 0.556. The minimum atomic E-state index is -0.371. The van der Waals surface area contributed by atoms with E-state index in [-0.39, 0.29) is 30.9 Å². The first-order valence-corrected chi connectivity index (χ1v) is 8.58. The first-order chi connectivity index (χ1) is 11.0. The molecule has 1 unspecified atom stereocenters. The Morgan fingerprint density at radius 1 is 1.22 bits per heavy atom. The quantitative estimate of drug-likeness (QED) is 0.541. The fourth-order valence-corrected chi connectivity index (χ4v) is 3.06. The highest BCUT2D eigenvalue weighted by molar-refractivity contribution is 6.30. The third kappa shape index (κ3) is 6.22. The Kier molecular flexibility index (Phi) is 6.90. The molecule has 4 nitrogen and oxygen atoms in total. The van der Waals surface area contributed by atoms with Gasteiger partial charge in [-0.15, -0.1) is 0 Å². The van der Waals surface area contributed by atoms with Crippen LogP contribution in [-0.4, -0.2) is 18.0 Å². The summed E-state index contributed by atoms with van der Waals surface area (Å²) in [6.07, 6.45) is 5.55. The molecular formula is C18H23ClO4. The fourth-order valence-electron chi connectivity index (χ4n) is 2.88. The normalized spacial score (nSPS) is 16.1. The number of carbonyl (C=O) groups excluding carboxylic acids is 2. The van der Waals surface area contributed by atoms with Gasteiger partial charge in [-0.05, 0) is 50.3 Å². The smallest absolute Gasteiger partial charge is 0.311 e. The van der Waals surface area contributed by atoms with Gasteiger partial charge in [0.25, 0.3) is 0 Å². The summed E-state index contributed by atoms with van der Waals surface area (Å²) in [7, 11) is 0. The van der Waals surface area contributed by atoms with E-state index in [0.29, 0.717) is 23.1 Å². The molecule has 1 aliphatic carbocycles. The SMILES string of the molecule is CC(OC(=O)CCCC(=O)Oc1cccc(Cl)c1)C1CCCC1. The lowest BCUT2D eigenvalue weighted by Crippen LogP contribution is -2.22. The standard InChI is InChI=1S/C18H23ClO4/c1-13(14-6-2-3-7-14)22-17(20)10-5-11-18(21)23-16-9-4-8-15(19)12-16/h4,8-9,12-14H,2-3,5-7,10-11H2,1H3. The van der Waals surface area contributed by atoms with Gasteiger partial charge >= 0.3 is 11.9 Å². The maximum atomic E-state index is 11.8. The maximum Gasteiger partial charge on any atom is 0.311 e. The van der Waals surface area contributed by atoms with Gasteiger partial charge in [0, 0.05) is 17.9 Å². The highest BCUT2D eigenvalue weighted by atomic mass is 35.5. The Labute approximate surface area is 142 Å². The zero-order valence-corrected chi connectivity index (χ0v) is 14.2. The minimum Gasteiger partial charge on any atom is -0.462 e. The number of hydrogen-bond donors (Lipinski definition) is 0. The lowest BCUT2D eigenvalue weighted by Gasteiger charge is -2.19. The van der Waals surface area contributed by atoms with Crippen molar-refractivity contribution >= 4 is 23.5 Å². The van der Waals surface area contributed by atoms with Gasteiger partial charge in [0.2, 0.25) is 0 Å². The molecule has 0 aromatic heterocycles. The molecule has 126 valence electrons. The molecule has 0 amide bonds. The van der Waals surface area contributed by atoms with Gasteiger partial charge in [-0.1, -0.05) is 30.5 Å². The zero-order chi connectivity index (χ0) is 16.7. The molecule has 0 aliphatic heterocycles. The molecule has 0 spiro atoms. The predicted molar refractivity (Wildman–Crippen MR) is 88.5 cm³/mol. The molecule has 2 rings (SSSR count). The maximum absolute atomic E-state index is 11.8. The van der Waals surface area contributed by atoms with Crippen molar-refractivity contribution in [3.05, 3.63) is 29.3 Å². The Bertz CT molecular complexity index is 538. The summed E-state index contributed by atoms with van der Waals surface area (Å²) >= 11 is 5.82. The zero-order valence-electron chi connectivity index (χ0n) is 13.4. The highest BCUT2D eigenvalue weighted by Gasteiger charge is 2.24. The van der Waals surface area contributed by atoms with Crippen LogP contribution in [0, 0.1) is 5.92 Å². The van der Waals surface area contributed by atoms with E-state index in [1.54, 1.807) is 24.3 Å². The second kappa shape index (κ2) is 8.92. The number of ether oxygens (including phenoxy) is 2. The van der Waals surface area contributed by atoms with E-state index in [2.05, 4.69) is 0 Å². The molecule has 1 atom stereocenters. The van der Waals surface area contributed by atoms with Crippen molar-refractivity contribution in [2.24, 2.45) is 5.92 Å². The molecule has 0 saturated heterocycles. The van der Waals surface area contributed by atoms with Crippen LogP contribution >= 0.6 is 11.6 Å². The second-order valence-electron chi connectivity index (χ2n) is 6.02. The van der Waals surface area contributed by atoms with Crippen LogP contribution in [-0.2, 0) is 14.3 Å². The summed E-state index contributed by atoms with van der Waals surface area (Å²) in [5, 5.41) is 0.514. The molecule has 0 radical (unpaired) electrons. The molecule has 1 aliphatic rings. The Morgan fingerprint density at radius 2 is 1.91 bits per heavy atom. The molecule has 23 heavy (non-hydrogen) atoms. The number of halogens is 1. The Morgan fingerprint density at radius 3 is 2.61 bits per heavy atom. The molecule has 1 aromatic rings. The Balaban J connectivity index is 1.63. The lowest BCUT2D eigenvalue weighted by molar-refractivity contribution is -0.150. The monoisotopic (exact) mass is 338 g/mol. The van der Waals surface area contributed by atoms with Crippen LogP contribution < -0.4 is 4.74 Å². The molecule has 1 aromatic carbocycles. The van der Waals surface area contributed by atoms with E-state index in [1.807, 2.05) is 6.92 Å². The lowest BCUT2D eigenvalue weighted by atomic mass is 10.0. The van der Waals surface area contributed by atoms with E-state index in [4.69, 9.17) is 21.1 Å². The van der Waals surface area contributed by atoms with Crippen LogP contribution in [0.5, 0.6) is 5.75 Å². The highest BCUT2D eigenvalue weighted by Crippen LogP contribution is 2.29. The first kappa shape index (κ1) is 17.8. The van der Waals surface area contributed by atoms with Crippen molar-refractivity contribution in [1.82, 2.24) is 0 Å². The van der Waals surface area contributed by atoms with E-state index in [9.17, 15) is 9.59 Å². The number of hydrogen-bond acceptors (Lipinski definition) is 4. The van der Waals surface area contributed by atoms with Gasteiger partial charge in [0.15, 0.2) is 0 Å². The van der Waals surface area contributed by atoms with Crippen molar-refractivity contribution in [3.8, 4) is 5.75 Å². The topological polar surface area (TPSA) is 52.6 Å². The first-order valence-electron chi connectivity index (χ1n) is 8.20. The van der Waals surface area contributed by atoms with E-state index in [1.165, 1.54) is 12.8 Å². The van der Waals surface area contributed by atoms with E-state index >= 15 is 0 Å². The van der Waals surface area contributed by atoms with Gasteiger partial charge in [-0.25, -0.2) is 0 Å². The number of carbonyl (C=O) groups is 2. The summed E-state index contributed by atoms with van der Waals surface area (Å²) in [6.45, 7) is 1.96. The molecule has 1 fully saturated rings. The van der Waals surface area contributed by atoms with Crippen LogP contribution in [0.2, 0.25) is 5.02 Å². The van der Waals surface area contributed by atoms with Crippen LogP contribution in [0.25, 0.3) is 0 Å². The molecule has 0 heterocycles. The summed E-state index contributed by atoms with van der Waals surface area (Å²) < 4.78 is 10.6. The summed E-state index contributed by atoms with van der Waals surface area (Å²) in [4.78, 5) is 23.5.